The Bertz CT molecular complexity index is 239. The molecule has 5 nitrogen and oxygen atoms in total. The maximum Gasteiger partial charge on any atom is 0.326 e. The molecule has 1 rings (SSSR count). The van der Waals surface area contributed by atoms with Gasteiger partial charge in [0.25, 0.3) is 0 Å². The number of nitrogens with zero attached hydrogens (tertiary/aromatic N) is 1. The fraction of sp³-hybridized carbons (Fsp3) is 0.778. The molecule has 0 saturated carbocycles. The Labute approximate surface area is 82.6 Å². The number of aliphatic carboxylic acids is 1. The van der Waals surface area contributed by atoms with Gasteiger partial charge in [-0.1, -0.05) is 13.8 Å². The van der Waals surface area contributed by atoms with Crippen molar-refractivity contribution in [3.05, 3.63) is 0 Å². The molecule has 0 bridgehead atoms. The molecule has 1 aliphatic rings. The van der Waals surface area contributed by atoms with Gasteiger partial charge in [-0.05, 0) is 5.92 Å². The number of hydrogen-bond acceptors (Lipinski definition) is 3. The van der Waals surface area contributed by atoms with Crippen LogP contribution < -0.4 is 0 Å². The molecule has 0 aromatic heterocycles. The van der Waals surface area contributed by atoms with Crippen molar-refractivity contribution in [1.29, 1.82) is 0 Å². The summed E-state index contributed by atoms with van der Waals surface area (Å²) in [5.74, 6) is -1.28. The lowest BCUT2D eigenvalue weighted by Gasteiger charge is -2.34. The molecule has 0 unspecified atom stereocenters. The summed E-state index contributed by atoms with van der Waals surface area (Å²) in [6, 6.07) is -0.730. The third-order valence-corrected chi connectivity index (χ3v) is 2.24. The lowest BCUT2D eigenvalue weighted by molar-refractivity contribution is -0.159. The number of carboxylic acids is 1. The summed E-state index contributed by atoms with van der Waals surface area (Å²) in [7, 11) is 0. The summed E-state index contributed by atoms with van der Waals surface area (Å²) >= 11 is 0. The molecule has 5 heteroatoms. The van der Waals surface area contributed by atoms with Crippen LogP contribution in [-0.4, -0.2) is 47.7 Å². The maximum absolute atomic E-state index is 11.4. The van der Waals surface area contributed by atoms with Crippen molar-refractivity contribution in [2.75, 3.05) is 19.8 Å². The lowest BCUT2D eigenvalue weighted by atomic mass is 10.0. The predicted molar refractivity (Wildman–Crippen MR) is 48.8 cm³/mol. The van der Waals surface area contributed by atoms with E-state index in [0.29, 0.717) is 13.2 Å². The van der Waals surface area contributed by atoms with E-state index >= 15 is 0 Å². The first-order valence-corrected chi connectivity index (χ1v) is 4.64. The van der Waals surface area contributed by atoms with Crippen molar-refractivity contribution in [2.45, 2.75) is 19.9 Å². The third kappa shape index (κ3) is 2.23. The van der Waals surface area contributed by atoms with E-state index in [1.165, 1.54) is 4.90 Å². The molecule has 0 aromatic carbocycles. The molecule has 0 aromatic rings. The van der Waals surface area contributed by atoms with Crippen molar-refractivity contribution in [3.63, 3.8) is 0 Å². The SMILES string of the molecule is CC(C)[C@@H](C(=O)O)N1CCOCC1=O. The van der Waals surface area contributed by atoms with Crippen LogP contribution in [0, 0.1) is 5.92 Å². The fourth-order valence-electron chi connectivity index (χ4n) is 1.60. The topological polar surface area (TPSA) is 66.8 Å². The van der Waals surface area contributed by atoms with Crippen LogP contribution in [0.25, 0.3) is 0 Å². The van der Waals surface area contributed by atoms with E-state index in [0.717, 1.165) is 0 Å². The fourth-order valence-corrected chi connectivity index (χ4v) is 1.60. The van der Waals surface area contributed by atoms with Crippen molar-refractivity contribution in [2.24, 2.45) is 5.92 Å². The van der Waals surface area contributed by atoms with Gasteiger partial charge in [0.15, 0.2) is 0 Å². The number of rotatable bonds is 3. The van der Waals surface area contributed by atoms with Crippen LogP contribution >= 0.6 is 0 Å². The second-order valence-corrected chi connectivity index (χ2v) is 3.67. The van der Waals surface area contributed by atoms with Crippen molar-refractivity contribution in [1.82, 2.24) is 4.90 Å². The normalized spacial score (nSPS) is 19.9. The lowest BCUT2D eigenvalue weighted by Crippen LogP contribution is -2.53. The summed E-state index contributed by atoms with van der Waals surface area (Å²) < 4.78 is 4.94. The van der Waals surface area contributed by atoms with Crippen molar-refractivity contribution < 1.29 is 19.4 Å². The van der Waals surface area contributed by atoms with Crippen LogP contribution in [0.15, 0.2) is 0 Å². The highest BCUT2D eigenvalue weighted by atomic mass is 16.5. The zero-order valence-corrected chi connectivity index (χ0v) is 8.40. The Morgan fingerprint density at radius 2 is 2.21 bits per heavy atom. The first-order chi connectivity index (χ1) is 6.54. The molecular weight excluding hydrogens is 186 g/mol. The number of amides is 1. The maximum atomic E-state index is 11.4. The standard InChI is InChI=1S/C9H15NO4/c1-6(2)8(9(12)13)10-3-4-14-5-7(10)11/h6,8H,3-5H2,1-2H3,(H,12,13)/t8-/m0/s1. The zero-order chi connectivity index (χ0) is 10.7. The minimum absolute atomic E-state index is 0.00347. The first-order valence-electron chi connectivity index (χ1n) is 4.64. The monoisotopic (exact) mass is 201 g/mol. The van der Waals surface area contributed by atoms with Gasteiger partial charge >= 0.3 is 5.97 Å². The first kappa shape index (κ1) is 11.0. The van der Waals surface area contributed by atoms with Gasteiger partial charge in [0.2, 0.25) is 5.91 Å². The molecule has 1 aliphatic heterocycles. The van der Waals surface area contributed by atoms with Gasteiger partial charge in [-0.25, -0.2) is 4.79 Å². The molecule has 1 heterocycles. The summed E-state index contributed by atoms with van der Waals surface area (Å²) in [5, 5.41) is 8.98. The van der Waals surface area contributed by atoms with Crippen molar-refractivity contribution >= 4 is 11.9 Å². The van der Waals surface area contributed by atoms with E-state index in [1.54, 1.807) is 13.8 Å². The summed E-state index contributed by atoms with van der Waals surface area (Å²) in [4.78, 5) is 23.7. The predicted octanol–water partition coefficient (Wildman–Crippen LogP) is -0.0456. The molecule has 0 spiro atoms. The highest BCUT2D eigenvalue weighted by Crippen LogP contribution is 2.13. The van der Waals surface area contributed by atoms with E-state index in [1.807, 2.05) is 0 Å². The van der Waals surface area contributed by atoms with Gasteiger partial charge in [0.05, 0.1) is 6.61 Å². The van der Waals surface area contributed by atoms with Crippen molar-refractivity contribution in [3.8, 4) is 0 Å². The van der Waals surface area contributed by atoms with E-state index in [-0.39, 0.29) is 18.4 Å². The van der Waals surface area contributed by atoms with Gasteiger partial charge in [-0.3, -0.25) is 4.79 Å². The highest BCUT2D eigenvalue weighted by Gasteiger charge is 2.33. The summed E-state index contributed by atoms with van der Waals surface area (Å²) in [5.41, 5.74) is 0. The van der Waals surface area contributed by atoms with Gasteiger partial charge < -0.3 is 14.7 Å². The van der Waals surface area contributed by atoms with E-state index in [4.69, 9.17) is 9.84 Å². The van der Waals surface area contributed by atoms with E-state index in [9.17, 15) is 9.59 Å². The van der Waals surface area contributed by atoms with Crippen LogP contribution in [0.1, 0.15) is 13.8 Å². The Kier molecular flexibility index (Phi) is 3.46. The third-order valence-electron chi connectivity index (χ3n) is 2.24. The minimum Gasteiger partial charge on any atom is -0.480 e. The number of hydrogen-bond donors (Lipinski definition) is 1. The zero-order valence-electron chi connectivity index (χ0n) is 8.40. The molecule has 1 saturated heterocycles. The Morgan fingerprint density at radius 1 is 1.57 bits per heavy atom. The Hall–Kier alpha value is -1.10. The molecule has 0 aliphatic carbocycles. The number of carboxylic acid groups (broad SMARTS) is 1. The number of morpholine rings is 1. The van der Waals surface area contributed by atoms with E-state index in [2.05, 4.69) is 0 Å². The second kappa shape index (κ2) is 4.41. The molecule has 1 N–H and O–H groups in total. The number of carbonyl (C=O) groups is 2. The van der Waals surface area contributed by atoms with Crippen LogP contribution in [-0.2, 0) is 14.3 Å². The number of ether oxygens (including phenoxy) is 1. The van der Waals surface area contributed by atoms with Gasteiger partial charge in [-0.15, -0.1) is 0 Å². The summed E-state index contributed by atoms with van der Waals surface area (Å²) in [6.45, 7) is 4.37. The van der Waals surface area contributed by atoms with E-state index < -0.39 is 12.0 Å². The van der Waals surface area contributed by atoms with Crippen LogP contribution in [0.4, 0.5) is 0 Å². The van der Waals surface area contributed by atoms with Gasteiger partial charge in [0, 0.05) is 6.54 Å². The summed E-state index contributed by atoms with van der Waals surface area (Å²) in [6.07, 6.45) is 0. The Balaban J connectivity index is 2.75. The average Bonchev–Trinajstić information content (AvgIpc) is 2.07. The van der Waals surface area contributed by atoms with Gasteiger partial charge in [0.1, 0.15) is 12.6 Å². The molecule has 1 atom stereocenters. The molecule has 14 heavy (non-hydrogen) atoms. The molecule has 1 fully saturated rings. The average molecular weight is 201 g/mol. The number of carbonyl (C=O) groups excluding carboxylic acids is 1. The molecular formula is C9H15NO4. The molecule has 1 amide bonds. The van der Waals surface area contributed by atoms with Crippen LogP contribution in [0.5, 0.6) is 0 Å². The quantitative estimate of drug-likeness (QED) is 0.695. The minimum atomic E-state index is -0.949. The van der Waals surface area contributed by atoms with Crippen LogP contribution in [0.3, 0.4) is 0 Å². The molecule has 0 radical (unpaired) electrons. The van der Waals surface area contributed by atoms with Gasteiger partial charge in [-0.2, -0.15) is 0 Å². The molecule has 80 valence electrons. The van der Waals surface area contributed by atoms with Crippen LogP contribution in [0.2, 0.25) is 0 Å². The highest BCUT2D eigenvalue weighted by molar-refractivity contribution is 5.84. The largest absolute Gasteiger partial charge is 0.480 e. The second-order valence-electron chi connectivity index (χ2n) is 3.67. The Morgan fingerprint density at radius 3 is 2.64 bits per heavy atom. The smallest absolute Gasteiger partial charge is 0.326 e.